The van der Waals surface area contributed by atoms with Crippen molar-refractivity contribution in [2.45, 2.75) is 17.4 Å². The summed E-state index contributed by atoms with van der Waals surface area (Å²) in [5.41, 5.74) is 0. The van der Waals surface area contributed by atoms with Gasteiger partial charge in [0.05, 0.1) is 23.9 Å². The molecule has 0 aromatic carbocycles. The van der Waals surface area contributed by atoms with E-state index < -0.39 is 10.0 Å². The minimum Gasteiger partial charge on any atom is -0.471 e. The first-order chi connectivity index (χ1) is 8.91. The van der Waals surface area contributed by atoms with E-state index in [1.807, 2.05) is 0 Å². The molecular formula is C11H15BrN2O4S. The monoisotopic (exact) mass is 350 g/mol. The van der Waals surface area contributed by atoms with Gasteiger partial charge in [-0.3, -0.25) is 0 Å². The molecule has 0 amide bonds. The Morgan fingerprint density at radius 3 is 2.79 bits per heavy atom. The second kappa shape index (κ2) is 5.74. The van der Waals surface area contributed by atoms with Crippen LogP contribution in [-0.4, -0.2) is 51.1 Å². The lowest BCUT2D eigenvalue weighted by atomic mass is 10.3. The van der Waals surface area contributed by atoms with Crippen LogP contribution < -0.4 is 4.74 Å². The molecule has 0 radical (unpaired) electrons. The van der Waals surface area contributed by atoms with Crippen molar-refractivity contribution < 1.29 is 17.9 Å². The van der Waals surface area contributed by atoms with Crippen LogP contribution in [0.1, 0.15) is 6.42 Å². The summed E-state index contributed by atoms with van der Waals surface area (Å²) in [6, 6.07) is 1.49. The van der Waals surface area contributed by atoms with E-state index in [-0.39, 0.29) is 11.0 Å². The number of hydrogen-bond donors (Lipinski definition) is 0. The summed E-state index contributed by atoms with van der Waals surface area (Å²) in [6.45, 7) is 1.21. The molecule has 19 heavy (non-hydrogen) atoms. The van der Waals surface area contributed by atoms with Crippen molar-refractivity contribution in [3.8, 4) is 5.88 Å². The lowest BCUT2D eigenvalue weighted by Crippen LogP contribution is -2.22. The molecular weight excluding hydrogens is 336 g/mol. The van der Waals surface area contributed by atoms with Gasteiger partial charge in [0, 0.05) is 20.5 Å². The standard InChI is InChI=1S/C11H15BrN2O4S/c1-14(2)19(15,16)9-5-10(12)11(13-6-9)18-8-3-4-17-7-8/h5-6,8H,3-4,7H2,1-2H3/t8-/m1/s1. The molecule has 0 unspecified atom stereocenters. The molecule has 0 spiro atoms. The van der Waals surface area contributed by atoms with Crippen molar-refractivity contribution in [2.75, 3.05) is 27.3 Å². The smallest absolute Gasteiger partial charge is 0.244 e. The fourth-order valence-electron chi connectivity index (χ4n) is 1.61. The summed E-state index contributed by atoms with van der Waals surface area (Å²) in [5, 5.41) is 0. The predicted octanol–water partition coefficient (Wildman–Crippen LogP) is 1.26. The normalized spacial score (nSPS) is 19.9. The maximum atomic E-state index is 11.9. The molecule has 2 rings (SSSR count). The van der Waals surface area contributed by atoms with Crippen LogP contribution >= 0.6 is 15.9 Å². The van der Waals surface area contributed by atoms with Crippen LogP contribution in [0.25, 0.3) is 0 Å². The number of hydrogen-bond acceptors (Lipinski definition) is 5. The third kappa shape index (κ3) is 3.25. The highest BCUT2D eigenvalue weighted by atomic mass is 79.9. The summed E-state index contributed by atoms with van der Waals surface area (Å²) >= 11 is 3.28. The van der Waals surface area contributed by atoms with E-state index in [2.05, 4.69) is 20.9 Å². The molecule has 1 saturated heterocycles. The van der Waals surface area contributed by atoms with Crippen LogP contribution in [0, 0.1) is 0 Å². The number of sulfonamides is 1. The topological polar surface area (TPSA) is 68.7 Å². The number of rotatable bonds is 4. The van der Waals surface area contributed by atoms with Gasteiger partial charge in [0.25, 0.3) is 0 Å². The van der Waals surface area contributed by atoms with Crippen LogP contribution in [0.15, 0.2) is 21.6 Å². The molecule has 0 bridgehead atoms. The Morgan fingerprint density at radius 2 is 2.26 bits per heavy atom. The highest BCUT2D eigenvalue weighted by molar-refractivity contribution is 9.10. The van der Waals surface area contributed by atoms with Crippen LogP contribution in [0.5, 0.6) is 5.88 Å². The molecule has 6 nitrogen and oxygen atoms in total. The van der Waals surface area contributed by atoms with Crippen LogP contribution in [0.2, 0.25) is 0 Å². The van der Waals surface area contributed by atoms with Crippen LogP contribution in [0.4, 0.5) is 0 Å². The van der Waals surface area contributed by atoms with E-state index in [4.69, 9.17) is 9.47 Å². The molecule has 0 N–H and O–H groups in total. The van der Waals surface area contributed by atoms with Gasteiger partial charge in [-0.25, -0.2) is 17.7 Å². The number of nitrogens with zero attached hydrogens (tertiary/aromatic N) is 2. The minimum atomic E-state index is -3.48. The largest absolute Gasteiger partial charge is 0.471 e. The molecule has 0 saturated carbocycles. The van der Waals surface area contributed by atoms with Crippen molar-refractivity contribution in [2.24, 2.45) is 0 Å². The van der Waals surface area contributed by atoms with Crippen molar-refractivity contribution >= 4 is 26.0 Å². The molecule has 2 heterocycles. The molecule has 1 atom stereocenters. The maximum absolute atomic E-state index is 11.9. The Morgan fingerprint density at radius 1 is 1.53 bits per heavy atom. The quantitative estimate of drug-likeness (QED) is 0.817. The second-order valence-electron chi connectivity index (χ2n) is 4.35. The van der Waals surface area contributed by atoms with Crippen molar-refractivity contribution in [1.82, 2.24) is 9.29 Å². The lowest BCUT2D eigenvalue weighted by molar-refractivity contribution is 0.137. The molecule has 1 aliphatic heterocycles. The van der Waals surface area contributed by atoms with Crippen molar-refractivity contribution in [1.29, 1.82) is 0 Å². The predicted molar refractivity (Wildman–Crippen MR) is 72.7 cm³/mol. The third-order valence-electron chi connectivity index (χ3n) is 2.73. The van der Waals surface area contributed by atoms with Gasteiger partial charge < -0.3 is 9.47 Å². The van der Waals surface area contributed by atoms with E-state index in [9.17, 15) is 8.42 Å². The summed E-state index contributed by atoms with van der Waals surface area (Å²) in [4.78, 5) is 4.18. The summed E-state index contributed by atoms with van der Waals surface area (Å²) < 4.78 is 36.4. The van der Waals surface area contributed by atoms with Gasteiger partial charge in [0.1, 0.15) is 11.0 Å². The highest BCUT2D eigenvalue weighted by Crippen LogP contribution is 2.27. The number of ether oxygens (including phenoxy) is 2. The summed E-state index contributed by atoms with van der Waals surface area (Å²) in [5.74, 6) is 0.383. The van der Waals surface area contributed by atoms with Crippen LogP contribution in [0.3, 0.4) is 0 Å². The third-order valence-corrected chi connectivity index (χ3v) is 5.08. The fourth-order valence-corrected chi connectivity index (χ4v) is 3.08. The van der Waals surface area contributed by atoms with E-state index in [0.29, 0.717) is 23.6 Å². The van der Waals surface area contributed by atoms with Gasteiger partial charge >= 0.3 is 0 Å². The lowest BCUT2D eigenvalue weighted by Gasteiger charge is -2.14. The molecule has 106 valence electrons. The first kappa shape index (κ1) is 14.7. The number of halogens is 1. The molecule has 1 aromatic rings. The molecule has 8 heteroatoms. The zero-order chi connectivity index (χ0) is 14.0. The van der Waals surface area contributed by atoms with Gasteiger partial charge in [0.2, 0.25) is 15.9 Å². The Labute approximate surface area is 120 Å². The number of aromatic nitrogens is 1. The zero-order valence-corrected chi connectivity index (χ0v) is 13.1. The SMILES string of the molecule is CN(C)S(=O)(=O)c1cnc(O[C@@H]2CCOC2)c(Br)c1. The zero-order valence-electron chi connectivity index (χ0n) is 10.7. The van der Waals surface area contributed by atoms with Gasteiger partial charge in [-0.1, -0.05) is 0 Å². The summed E-state index contributed by atoms with van der Waals surface area (Å²) in [6.07, 6.45) is 2.08. The Bertz CT molecular complexity index is 556. The van der Waals surface area contributed by atoms with Crippen molar-refractivity contribution in [3.63, 3.8) is 0 Å². The van der Waals surface area contributed by atoms with E-state index in [1.54, 1.807) is 0 Å². The molecule has 1 aliphatic rings. The van der Waals surface area contributed by atoms with E-state index >= 15 is 0 Å². The molecule has 1 fully saturated rings. The summed E-state index contributed by atoms with van der Waals surface area (Å²) in [7, 11) is -0.531. The first-order valence-electron chi connectivity index (χ1n) is 5.73. The van der Waals surface area contributed by atoms with E-state index in [1.165, 1.54) is 26.4 Å². The Kier molecular flexibility index (Phi) is 4.44. The van der Waals surface area contributed by atoms with Gasteiger partial charge in [-0.15, -0.1) is 0 Å². The first-order valence-corrected chi connectivity index (χ1v) is 7.97. The average molecular weight is 351 g/mol. The van der Waals surface area contributed by atoms with Gasteiger partial charge in [-0.2, -0.15) is 0 Å². The van der Waals surface area contributed by atoms with Crippen LogP contribution in [-0.2, 0) is 14.8 Å². The second-order valence-corrected chi connectivity index (χ2v) is 7.36. The molecule has 1 aromatic heterocycles. The number of pyridine rings is 1. The van der Waals surface area contributed by atoms with Gasteiger partial charge in [0.15, 0.2) is 0 Å². The fraction of sp³-hybridized carbons (Fsp3) is 0.545. The maximum Gasteiger partial charge on any atom is 0.244 e. The molecule has 0 aliphatic carbocycles. The minimum absolute atomic E-state index is 0.0277. The van der Waals surface area contributed by atoms with Gasteiger partial charge in [-0.05, 0) is 22.0 Å². The Hall–Kier alpha value is -0.700. The average Bonchev–Trinajstić information content (AvgIpc) is 2.84. The highest BCUT2D eigenvalue weighted by Gasteiger charge is 2.22. The van der Waals surface area contributed by atoms with Crippen molar-refractivity contribution in [3.05, 3.63) is 16.7 Å². The Balaban J connectivity index is 2.22. The van der Waals surface area contributed by atoms with E-state index in [0.717, 1.165) is 10.7 Å².